The van der Waals surface area contributed by atoms with Crippen LogP contribution in [-0.2, 0) is 9.53 Å². The van der Waals surface area contributed by atoms with Crippen molar-refractivity contribution in [3.05, 3.63) is 23.8 Å². The van der Waals surface area contributed by atoms with E-state index in [2.05, 4.69) is 20.3 Å². The molecule has 150 valence electrons. The van der Waals surface area contributed by atoms with Crippen molar-refractivity contribution in [2.75, 3.05) is 39.4 Å². The van der Waals surface area contributed by atoms with E-state index in [4.69, 9.17) is 9.84 Å². The van der Waals surface area contributed by atoms with Crippen molar-refractivity contribution in [1.82, 2.24) is 25.2 Å². The van der Waals surface area contributed by atoms with Gasteiger partial charge in [0.2, 0.25) is 0 Å². The number of fused-ring (bicyclic) bond motifs is 1. The predicted octanol–water partition coefficient (Wildman–Crippen LogP) is 0.986. The number of H-pyrrole nitrogens is 1. The number of rotatable bonds is 5. The first-order chi connectivity index (χ1) is 13.6. The molecule has 2 saturated heterocycles. The lowest BCUT2D eigenvalue weighted by Crippen LogP contribution is -2.55. The molecular formula is C19H25N5O4. The van der Waals surface area contributed by atoms with Crippen LogP contribution in [-0.4, -0.2) is 87.6 Å². The summed E-state index contributed by atoms with van der Waals surface area (Å²) in [4.78, 5) is 28.4. The quantitative estimate of drug-likeness (QED) is 0.787. The smallest absolute Gasteiger partial charge is 0.303 e. The molecule has 2 aliphatic rings. The van der Waals surface area contributed by atoms with Crippen LogP contribution in [0.4, 0.5) is 0 Å². The van der Waals surface area contributed by atoms with E-state index in [1.54, 1.807) is 18.2 Å². The van der Waals surface area contributed by atoms with Gasteiger partial charge in [-0.3, -0.25) is 14.5 Å². The molecule has 3 heterocycles. The third kappa shape index (κ3) is 4.00. The fraction of sp³-hybridized carbons (Fsp3) is 0.579. The van der Waals surface area contributed by atoms with Crippen LogP contribution in [0.2, 0.25) is 0 Å². The number of likely N-dealkylation sites (tertiary alicyclic amines) is 1. The summed E-state index contributed by atoms with van der Waals surface area (Å²) in [6, 6.07) is 5.61. The minimum absolute atomic E-state index is 0.0364. The van der Waals surface area contributed by atoms with Crippen LogP contribution >= 0.6 is 0 Å². The van der Waals surface area contributed by atoms with Crippen molar-refractivity contribution in [2.24, 2.45) is 5.92 Å². The minimum Gasteiger partial charge on any atom is -0.481 e. The molecule has 0 radical (unpaired) electrons. The number of carboxylic acid groups (broad SMARTS) is 1. The highest BCUT2D eigenvalue weighted by molar-refractivity contribution is 5.97. The Morgan fingerprint density at radius 1 is 1.18 bits per heavy atom. The molecule has 2 N–H and O–H groups in total. The van der Waals surface area contributed by atoms with E-state index in [0.29, 0.717) is 49.8 Å². The maximum Gasteiger partial charge on any atom is 0.303 e. The fourth-order valence-electron chi connectivity index (χ4n) is 4.34. The average molecular weight is 387 g/mol. The number of aliphatic carboxylic acids is 1. The summed E-state index contributed by atoms with van der Waals surface area (Å²) in [5, 5.41) is 19.8. The Balaban J connectivity index is 1.48. The van der Waals surface area contributed by atoms with Crippen molar-refractivity contribution < 1.29 is 19.4 Å². The van der Waals surface area contributed by atoms with E-state index >= 15 is 0 Å². The summed E-state index contributed by atoms with van der Waals surface area (Å²) >= 11 is 0. The van der Waals surface area contributed by atoms with Crippen LogP contribution < -0.4 is 0 Å². The minimum atomic E-state index is -0.791. The number of nitrogens with one attached hydrogen (secondary N) is 1. The van der Waals surface area contributed by atoms with Gasteiger partial charge in [0.05, 0.1) is 13.2 Å². The van der Waals surface area contributed by atoms with E-state index < -0.39 is 5.97 Å². The molecule has 2 aromatic rings. The van der Waals surface area contributed by atoms with Gasteiger partial charge in [-0.1, -0.05) is 0 Å². The number of ether oxygens (including phenoxy) is 1. The molecule has 0 aliphatic carbocycles. The SMILES string of the molecule is O=C(O)CC[C@@H]1CN(C(=O)c2ccc3n[nH]nc3c2)CC[C@@H]1N1CCOCC1. The molecule has 1 amide bonds. The van der Waals surface area contributed by atoms with Crippen molar-refractivity contribution in [3.63, 3.8) is 0 Å². The highest BCUT2D eigenvalue weighted by atomic mass is 16.5. The highest BCUT2D eigenvalue weighted by Crippen LogP contribution is 2.28. The molecule has 2 atom stereocenters. The second kappa shape index (κ2) is 8.24. The Morgan fingerprint density at radius 3 is 2.75 bits per heavy atom. The molecule has 28 heavy (non-hydrogen) atoms. The second-order valence-electron chi connectivity index (χ2n) is 7.48. The number of amides is 1. The van der Waals surface area contributed by atoms with E-state index in [1.807, 2.05) is 4.90 Å². The van der Waals surface area contributed by atoms with Crippen LogP contribution in [0.15, 0.2) is 18.2 Å². The van der Waals surface area contributed by atoms with Crippen LogP contribution in [0.25, 0.3) is 11.0 Å². The van der Waals surface area contributed by atoms with Gasteiger partial charge in [-0.15, -0.1) is 0 Å². The Morgan fingerprint density at radius 2 is 1.96 bits per heavy atom. The lowest BCUT2D eigenvalue weighted by molar-refractivity contribution is -0.137. The third-order valence-corrected chi connectivity index (χ3v) is 5.79. The van der Waals surface area contributed by atoms with Gasteiger partial charge in [0.25, 0.3) is 5.91 Å². The number of carbonyl (C=O) groups is 2. The van der Waals surface area contributed by atoms with Gasteiger partial charge in [0, 0.05) is 44.2 Å². The Kier molecular flexibility index (Phi) is 5.54. The van der Waals surface area contributed by atoms with Crippen LogP contribution in [0.5, 0.6) is 0 Å². The predicted molar refractivity (Wildman–Crippen MR) is 101 cm³/mol. The molecule has 0 saturated carbocycles. The van der Waals surface area contributed by atoms with Gasteiger partial charge >= 0.3 is 5.97 Å². The number of carboxylic acids is 1. The molecule has 4 rings (SSSR count). The summed E-state index contributed by atoms with van der Waals surface area (Å²) in [7, 11) is 0. The third-order valence-electron chi connectivity index (χ3n) is 5.79. The number of carbonyl (C=O) groups excluding carboxylic acids is 1. The number of piperidine rings is 1. The first-order valence-corrected chi connectivity index (χ1v) is 9.75. The summed E-state index contributed by atoms with van der Waals surface area (Å²) < 4.78 is 5.46. The van der Waals surface area contributed by atoms with Crippen LogP contribution in [0.3, 0.4) is 0 Å². The van der Waals surface area contributed by atoms with Crippen LogP contribution in [0, 0.1) is 5.92 Å². The topological polar surface area (TPSA) is 112 Å². The van der Waals surface area contributed by atoms with Gasteiger partial charge in [-0.05, 0) is 37.0 Å². The van der Waals surface area contributed by atoms with Crippen molar-refractivity contribution >= 4 is 22.9 Å². The van der Waals surface area contributed by atoms with E-state index in [-0.39, 0.29) is 18.2 Å². The average Bonchev–Trinajstić information content (AvgIpc) is 3.20. The first-order valence-electron chi connectivity index (χ1n) is 9.75. The number of hydrogen-bond acceptors (Lipinski definition) is 6. The molecule has 0 spiro atoms. The molecule has 9 heteroatoms. The molecular weight excluding hydrogens is 362 g/mol. The summed E-state index contributed by atoms with van der Waals surface area (Å²) in [6.45, 7) is 4.40. The van der Waals surface area contributed by atoms with E-state index in [9.17, 15) is 9.59 Å². The number of aromatic amines is 1. The lowest BCUT2D eigenvalue weighted by Gasteiger charge is -2.45. The lowest BCUT2D eigenvalue weighted by atomic mass is 9.86. The molecule has 2 fully saturated rings. The monoisotopic (exact) mass is 387 g/mol. The molecule has 0 unspecified atom stereocenters. The zero-order valence-corrected chi connectivity index (χ0v) is 15.7. The normalized spacial score (nSPS) is 23.8. The molecule has 1 aromatic carbocycles. The largest absolute Gasteiger partial charge is 0.481 e. The number of benzene rings is 1. The van der Waals surface area contributed by atoms with Gasteiger partial charge < -0.3 is 14.7 Å². The number of morpholine rings is 1. The zero-order chi connectivity index (χ0) is 19.5. The molecule has 2 aliphatic heterocycles. The molecule has 9 nitrogen and oxygen atoms in total. The Hall–Kier alpha value is -2.52. The Labute approximate surface area is 162 Å². The standard InChI is InChI=1S/C19H25N5O4/c25-18(26)4-2-14-12-24(6-5-17(14)23-7-9-28-10-8-23)19(27)13-1-3-15-16(11-13)21-22-20-15/h1,3,11,14,17H,2,4-10,12H2,(H,25,26)(H,20,21,22)/t14-,17+/m1/s1. The van der Waals surface area contributed by atoms with Gasteiger partial charge in [-0.2, -0.15) is 15.4 Å². The first kappa shape index (κ1) is 18.8. The zero-order valence-electron chi connectivity index (χ0n) is 15.7. The van der Waals surface area contributed by atoms with Crippen molar-refractivity contribution in [1.29, 1.82) is 0 Å². The second-order valence-corrected chi connectivity index (χ2v) is 7.48. The number of hydrogen-bond donors (Lipinski definition) is 2. The van der Waals surface area contributed by atoms with Crippen molar-refractivity contribution in [3.8, 4) is 0 Å². The fourth-order valence-corrected chi connectivity index (χ4v) is 4.34. The molecule has 1 aromatic heterocycles. The van der Waals surface area contributed by atoms with Crippen molar-refractivity contribution in [2.45, 2.75) is 25.3 Å². The van der Waals surface area contributed by atoms with E-state index in [1.165, 1.54) is 0 Å². The number of aromatic nitrogens is 3. The maximum absolute atomic E-state index is 13.0. The van der Waals surface area contributed by atoms with Gasteiger partial charge in [0.15, 0.2) is 0 Å². The maximum atomic E-state index is 13.0. The highest BCUT2D eigenvalue weighted by Gasteiger charge is 2.36. The van der Waals surface area contributed by atoms with E-state index in [0.717, 1.165) is 25.0 Å². The Bertz CT molecular complexity index is 848. The number of nitrogens with zero attached hydrogens (tertiary/aromatic N) is 4. The summed E-state index contributed by atoms with van der Waals surface area (Å²) in [5.74, 6) is -0.686. The summed E-state index contributed by atoms with van der Waals surface area (Å²) in [5.41, 5.74) is 1.97. The summed E-state index contributed by atoms with van der Waals surface area (Å²) in [6.07, 6.45) is 1.55. The van der Waals surface area contributed by atoms with Crippen LogP contribution in [0.1, 0.15) is 29.6 Å². The van der Waals surface area contributed by atoms with Gasteiger partial charge in [-0.25, -0.2) is 0 Å². The van der Waals surface area contributed by atoms with Gasteiger partial charge in [0.1, 0.15) is 11.0 Å². The molecule has 0 bridgehead atoms.